The van der Waals surface area contributed by atoms with Crippen molar-refractivity contribution in [2.24, 2.45) is 0 Å². The van der Waals surface area contributed by atoms with Gasteiger partial charge in [-0.25, -0.2) is 9.59 Å². The van der Waals surface area contributed by atoms with Crippen LogP contribution in [-0.4, -0.2) is 52.1 Å². The average Bonchev–Trinajstić information content (AvgIpc) is 3.02. The predicted molar refractivity (Wildman–Crippen MR) is 93.9 cm³/mol. The molecule has 1 heterocycles. The molecule has 0 aromatic carbocycles. The van der Waals surface area contributed by atoms with Crippen LogP contribution in [0.4, 0.5) is 4.79 Å². The van der Waals surface area contributed by atoms with Gasteiger partial charge in [0.1, 0.15) is 11.6 Å². The monoisotopic (exact) mass is 386 g/mol. The quantitative estimate of drug-likeness (QED) is 0.574. The van der Waals surface area contributed by atoms with E-state index < -0.39 is 35.5 Å². The molecule has 0 aliphatic rings. The largest absolute Gasteiger partial charge is 0.480 e. The number of carbonyl (C=O) groups excluding carboxylic acids is 3. The molecule has 0 radical (unpaired) electrons. The van der Waals surface area contributed by atoms with Gasteiger partial charge in [-0.1, -0.05) is 0 Å². The molecule has 1 unspecified atom stereocenters. The van der Waals surface area contributed by atoms with Gasteiger partial charge in [-0.05, 0) is 45.1 Å². The lowest BCUT2D eigenvalue weighted by Gasteiger charge is -2.21. The molecule has 0 aliphatic carbocycles. The van der Waals surface area contributed by atoms with E-state index in [2.05, 4.69) is 10.6 Å². The molecule has 1 rings (SSSR count). The Kier molecular flexibility index (Phi) is 8.17. The third kappa shape index (κ3) is 8.56. The molecule has 3 amide bonds. The van der Waals surface area contributed by atoms with Crippen molar-refractivity contribution in [2.75, 3.05) is 11.5 Å². The van der Waals surface area contributed by atoms with E-state index in [4.69, 9.17) is 14.3 Å². The highest BCUT2D eigenvalue weighted by Crippen LogP contribution is 2.09. The van der Waals surface area contributed by atoms with Gasteiger partial charge in [0.15, 0.2) is 5.76 Å². The third-order valence-electron chi connectivity index (χ3n) is 2.77. The Morgan fingerprint density at radius 1 is 1.31 bits per heavy atom. The summed E-state index contributed by atoms with van der Waals surface area (Å²) in [6, 6.07) is 1.82. The number of thioether (sulfide) groups is 1. The zero-order chi connectivity index (χ0) is 19.7. The molecule has 3 N–H and O–H groups in total. The summed E-state index contributed by atoms with van der Waals surface area (Å²) in [6.45, 7) is 5.00. The first-order valence-corrected chi connectivity index (χ1v) is 8.91. The van der Waals surface area contributed by atoms with Crippen molar-refractivity contribution in [1.29, 1.82) is 0 Å². The Hall–Kier alpha value is -2.49. The molecule has 0 spiro atoms. The van der Waals surface area contributed by atoms with E-state index in [-0.39, 0.29) is 23.7 Å². The maximum Gasteiger partial charge on any atom is 0.408 e. The van der Waals surface area contributed by atoms with Gasteiger partial charge in [0.2, 0.25) is 5.91 Å². The van der Waals surface area contributed by atoms with Gasteiger partial charge in [-0.2, -0.15) is 11.8 Å². The van der Waals surface area contributed by atoms with Crippen LogP contribution >= 0.6 is 11.8 Å². The summed E-state index contributed by atoms with van der Waals surface area (Å²) in [7, 11) is 0. The zero-order valence-corrected chi connectivity index (χ0v) is 15.6. The number of nitrogens with one attached hydrogen (secondary N) is 2. The zero-order valence-electron chi connectivity index (χ0n) is 14.7. The smallest absolute Gasteiger partial charge is 0.408 e. The molecule has 10 heteroatoms. The van der Waals surface area contributed by atoms with Crippen molar-refractivity contribution in [1.82, 2.24) is 10.6 Å². The normalized spacial score (nSPS) is 12.1. The molecule has 1 aromatic heterocycles. The fraction of sp³-hybridized carbons (Fsp3) is 0.500. The first-order valence-electron chi connectivity index (χ1n) is 7.76. The molecule has 0 bridgehead atoms. The van der Waals surface area contributed by atoms with Crippen molar-refractivity contribution < 1.29 is 33.4 Å². The summed E-state index contributed by atoms with van der Waals surface area (Å²) < 4.78 is 9.87. The molecule has 1 aromatic rings. The number of alkyl carbamates (subject to hydrolysis) is 1. The van der Waals surface area contributed by atoms with Crippen molar-refractivity contribution in [3.63, 3.8) is 0 Å². The van der Waals surface area contributed by atoms with Gasteiger partial charge in [0.25, 0.3) is 5.91 Å². The van der Waals surface area contributed by atoms with E-state index in [1.54, 1.807) is 20.8 Å². The fourth-order valence-electron chi connectivity index (χ4n) is 1.71. The van der Waals surface area contributed by atoms with E-state index >= 15 is 0 Å². The maximum atomic E-state index is 11.7. The molecule has 1 atom stereocenters. The first kappa shape index (κ1) is 21.6. The van der Waals surface area contributed by atoms with Crippen LogP contribution in [0.3, 0.4) is 0 Å². The molecule has 9 nitrogen and oxygen atoms in total. The van der Waals surface area contributed by atoms with E-state index in [1.807, 2.05) is 0 Å². The molecule has 0 aliphatic heterocycles. The van der Waals surface area contributed by atoms with E-state index in [0.29, 0.717) is 0 Å². The summed E-state index contributed by atoms with van der Waals surface area (Å²) in [5, 5.41) is 13.6. The lowest BCUT2D eigenvalue weighted by atomic mass is 10.2. The minimum Gasteiger partial charge on any atom is -0.480 e. The van der Waals surface area contributed by atoms with Crippen LogP contribution in [0.25, 0.3) is 0 Å². The number of furan rings is 1. The van der Waals surface area contributed by atoms with Crippen molar-refractivity contribution in [3.05, 3.63) is 24.2 Å². The molecule has 0 saturated heterocycles. The Bertz CT molecular complexity index is 638. The van der Waals surface area contributed by atoms with Gasteiger partial charge >= 0.3 is 12.1 Å². The third-order valence-corrected chi connectivity index (χ3v) is 3.76. The van der Waals surface area contributed by atoms with Crippen LogP contribution < -0.4 is 10.6 Å². The van der Waals surface area contributed by atoms with Crippen molar-refractivity contribution in [3.8, 4) is 0 Å². The number of aliphatic carboxylic acids is 1. The number of ether oxygens (including phenoxy) is 1. The van der Waals surface area contributed by atoms with Crippen molar-refractivity contribution >= 4 is 35.6 Å². The summed E-state index contributed by atoms with van der Waals surface area (Å²) in [4.78, 5) is 46.1. The second kappa shape index (κ2) is 9.85. The average molecular weight is 386 g/mol. The van der Waals surface area contributed by atoms with Gasteiger partial charge < -0.3 is 19.6 Å². The first-order chi connectivity index (χ1) is 12.1. The molecule has 0 fully saturated rings. The number of hydrogen-bond donors (Lipinski definition) is 3. The molecule has 0 saturated carbocycles. The van der Waals surface area contributed by atoms with Gasteiger partial charge in [0.05, 0.1) is 12.0 Å². The molecular weight excluding hydrogens is 364 g/mol. The number of carbonyl (C=O) groups is 4. The summed E-state index contributed by atoms with van der Waals surface area (Å²) in [5.41, 5.74) is -0.736. The van der Waals surface area contributed by atoms with Crippen LogP contribution in [0.15, 0.2) is 22.8 Å². The van der Waals surface area contributed by atoms with Crippen molar-refractivity contribution in [2.45, 2.75) is 38.8 Å². The van der Waals surface area contributed by atoms with Crippen LogP contribution in [0, 0.1) is 0 Å². The van der Waals surface area contributed by atoms with Crippen LogP contribution in [0.2, 0.25) is 0 Å². The van der Waals surface area contributed by atoms with Gasteiger partial charge in [-0.3, -0.25) is 14.9 Å². The number of amides is 3. The van der Waals surface area contributed by atoms with E-state index in [9.17, 15) is 19.2 Å². The van der Waals surface area contributed by atoms with E-state index in [0.717, 1.165) is 11.8 Å². The summed E-state index contributed by atoms with van der Waals surface area (Å²) in [5.74, 6) is -2.09. The lowest BCUT2D eigenvalue weighted by molar-refractivity contribution is -0.139. The molecule has 144 valence electrons. The highest BCUT2D eigenvalue weighted by molar-refractivity contribution is 7.99. The standard InChI is InChI=1S/C16H22N2O7S/c1-16(2,3)25-15(23)17-10(14(21)22)6-8-26-9-12(19)18-13(20)11-5-4-7-24-11/h4-5,7,10H,6,8-9H2,1-3H3,(H,17,23)(H,21,22)(H,18,19,20). The number of hydrogen-bond acceptors (Lipinski definition) is 7. The topological polar surface area (TPSA) is 135 Å². The molecule has 26 heavy (non-hydrogen) atoms. The Labute approximate surface area is 154 Å². The number of carboxylic acids is 1. The van der Waals surface area contributed by atoms with Gasteiger partial charge in [-0.15, -0.1) is 0 Å². The Morgan fingerprint density at radius 2 is 2.00 bits per heavy atom. The second-order valence-corrected chi connectivity index (χ2v) is 7.34. The maximum absolute atomic E-state index is 11.7. The van der Waals surface area contributed by atoms with Crippen LogP contribution in [0.1, 0.15) is 37.7 Å². The molecular formula is C16H22N2O7S. The Morgan fingerprint density at radius 3 is 2.54 bits per heavy atom. The highest BCUT2D eigenvalue weighted by atomic mass is 32.2. The number of carboxylic acid groups (broad SMARTS) is 1. The fourth-order valence-corrected chi connectivity index (χ4v) is 2.51. The summed E-state index contributed by atoms with van der Waals surface area (Å²) >= 11 is 1.14. The minimum absolute atomic E-state index is 0.0239. The SMILES string of the molecule is CC(C)(C)OC(=O)NC(CCSCC(=O)NC(=O)c1ccco1)C(=O)O. The lowest BCUT2D eigenvalue weighted by Crippen LogP contribution is -2.43. The second-order valence-electron chi connectivity index (χ2n) is 6.23. The van der Waals surface area contributed by atoms with Gasteiger partial charge in [0, 0.05) is 0 Å². The highest BCUT2D eigenvalue weighted by Gasteiger charge is 2.23. The minimum atomic E-state index is -1.20. The predicted octanol–water partition coefficient (Wildman–Crippen LogP) is 1.64. The number of rotatable bonds is 8. The number of imide groups is 1. The van der Waals surface area contributed by atoms with Crippen LogP contribution in [-0.2, 0) is 14.3 Å². The van der Waals surface area contributed by atoms with E-state index in [1.165, 1.54) is 18.4 Å². The summed E-state index contributed by atoms with van der Waals surface area (Å²) in [6.07, 6.45) is 0.591. The van der Waals surface area contributed by atoms with Crippen LogP contribution in [0.5, 0.6) is 0 Å². The Balaban J connectivity index is 2.32.